The molecule has 0 aromatic heterocycles. The molecule has 1 fully saturated rings. The molecule has 25 heavy (non-hydrogen) atoms. The van der Waals surface area contributed by atoms with Crippen LogP contribution < -0.4 is 4.74 Å². The Hall–Kier alpha value is -1.19. The normalized spacial score (nSPS) is 17.8. The molecule has 1 aliphatic heterocycles. The summed E-state index contributed by atoms with van der Waals surface area (Å²) < 4.78 is 70.0. The Bertz CT molecular complexity index is 813. The second-order valence-corrected chi connectivity index (χ2v) is 10.9. The van der Waals surface area contributed by atoms with Crippen molar-refractivity contribution in [2.75, 3.05) is 26.0 Å². The van der Waals surface area contributed by atoms with Crippen molar-refractivity contribution in [2.45, 2.75) is 36.8 Å². The molecular weight excluding hydrogens is 369 g/mol. The van der Waals surface area contributed by atoms with E-state index in [2.05, 4.69) is 0 Å². The van der Waals surface area contributed by atoms with E-state index >= 15 is 0 Å². The standard InChI is InChI=1S/C16H24FNO5S2/c1-12(2)11-24(19,20)14-6-8-18(9-7-14)25(21,22)16-10-13(17)4-5-15(16)23-3/h4-5,10,12,14H,6-9,11H2,1-3H3. The maximum Gasteiger partial charge on any atom is 0.246 e. The monoisotopic (exact) mass is 393 g/mol. The van der Waals surface area contributed by atoms with Gasteiger partial charge in [0.2, 0.25) is 10.0 Å². The quantitative estimate of drug-likeness (QED) is 0.739. The fourth-order valence-corrected chi connectivity index (χ4v) is 6.79. The van der Waals surface area contributed by atoms with Crippen LogP contribution in [0.1, 0.15) is 26.7 Å². The molecule has 0 bridgehead atoms. The molecule has 0 unspecified atom stereocenters. The number of ether oxygens (including phenoxy) is 1. The van der Waals surface area contributed by atoms with Crippen molar-refractivity contribution in [2.24, 2.45) is 5.92 Å². The van der Waals surface area contributed by atoms with Crippen LogP contribution in [-0.4, -0.2) is 52.3 Å². The summed E-state index contributed by atoms with van der Waals surface area (Å²) in [5, 5.41) is -0.532. The van der Waals surface area contributed by atoms with Gasteiger partial charge in [-0.05, 0) is 37.0 Å². The van der Waals surface area contributed by atoms with Gasteiger partial charge in [0.1, 0.15) is 16.5 Å². The highest BCUT2D eigenvalue weighted by Gasteiger charge is 2.36. The van der Waals surface area contributed by atoms with Crippen molar-refractivity contribution in [3.63, 3.8) is 0 Å². The van der Waals surface area contributed by atoms with E-state index in [1.165, 1.54) is 17.5 Å². The first-order valence-corrected chi connectivity index (χ1v) is 11.3. The van der Waals surface area contributed by atoms with Gasteiger partial charge in [-0.25, -0.2) is 21.2 Å². The summed E-state index contributed by atoms with van der Waals surface area (Å²) in [6, 6.07) is 3.32. The van der Waals surface area contributed by atoms with Gasteiger partial charge in [-0.3, -0.25) is 0 Å². The van der Waals surface area contributed by atoms with Crippen molar-refractivity contribution in [3.05, 3.63) is 24.0 Å². The molecule has 142 valence electrons. The summed E-state index contributed by atoms with van der Waals surface area (Å²) in [4.78, 5) is -0.238. The SMILES string of the molecule is COc1ccc(F)cc1S(=O)(=O)N1CCC(S(=O)(=O)CC(C)C)CC1. The molecule has 9 heteroatoms. The Morgan fingerprint density at radius 1 is 1.20 bits per heavy atom. The lowest BCUT2D eigenvalue weighted by Crippen LogP contribution is -2.43. The van der Waals surface area contributed by atoms with E-state index in [1.807, 2.05) is 13.8 Å². The lowest BCUT2D eigenvalue weighted by Gasteiger charge is -2.31. The molecule has 0 amide bonds. The van der Waals surface area contributed by atoms with E-state index in [-0.39, 0.29) is 48.2 Å². The number of sulfone groups is 1. The highest BCUT2D eigenvalue weighted by atomic mass is 32.2. The third-order valence-corrected chi connectivity index (χ3v) is 8.76. The molecule has 0 spiro atoms. The Kier molecular flexibility index (Phi) is 6.11. The summed E-state index contributed by atoms with van der Waals surface area (Å²) >= 11 is 0. The summed E-state index contributed by atoms with van der Waals surface area (Å²) in [6.07, 6.45) is 0.484. The predicted octanol–water partition coefficient (Wildman–Crippen LogP) is 2.06. The molecule has 2 rings (SSSR count). The minimum absolute atomic E-state index is 0.0308. The second kappa shape index (κ2) is 7.59. The first kappa shape index (κ1) is 20.1. The highest BCUT2D eigenvalue weighted by Crippen LogP contribution is 2.30. The van der Waals surface area contributed by atoms with Crippen molar-refractivity contribution in [1.29, 1.82) is 0 Å². The van der Waals surface area contributed by atoms with E-state index in [4.69, 9.17) is 4.74 Å². The van der Waals surface area contributed by atoms with Crippen molar-refractivity contribution >= 4 is 19.9 Å². The van der Waals surface area contributed by atoms with E-state index < -0.39 is 30.9 Å². The molecule has 1 heterocycles. The molecule has 0 saturated carbocycles. The van der Waals surface area contributed by atoms with Crippen LogP contribution in [0.2, 0.25) is 0 Å². The van der Waals surface area contributed by atoms with Crippen LogP contribution in [0.3, 0.4) is 0 Å². The van der Waals surface area contributed by atoms with Gasteiger partial charge in [0, 0.05) is 13.1 Å². The summed E-state index contributed by atoms with van der Waals surface area (Å²) in [6.45, 7) is 3.86. The maximum absolute atomic E-state index is 13.5. The lowest BCUT2D eigenvalue weighted by molar-refractivity contribution is 0.341. The van der Waals surface area contributed by atoms with Gasteiger partial charge in [-0.15, -0.1) is 0 Å². The van der Waals surface area contributed by atoms with Crippen LogP contribution in [-0.2, 0) is 19.9 Å². The molecule has 1 aromatic carbocycles. The largest absolute Gasteiger partial charge is 0.495 e. The fourth-order valence-electron chi connectivity index (χ4n) is 3.02. The predicted molar refractivity (Wildman–Crippen MR) is 93.4 cm³/mol. The number of benzene rings is 1. The molecular formula is C16H24FNO5S2. The first-order valence-electron chi connectivity index (χ1n) is 8.13. The Morgan fingerprint density at radius 2 is 1.80 bits per heavy atom. The van der Waals surface area contributed by atoms with E-state index in [9.17, 15) is 21.2 Å². The molecule has 0 atom stereocenters. The molecule has 1 saturated heterocycles. The minimum Gasteiger partial charge on any atom is -0.495 e. The number of rotatable bonds is 6. The topological polar surface area (TPSA) is 80.8 Å². The summed E-state index contributed by atoms with van der Waals surface area (Å²) in [5.41, 5.74) is 0. The average Bonchev–Trinajstić information content (AvgIpc) is 2.53. The molecule has 6 nitrogen and oxygen atoms in total. The van der Waals surface area contributed by atoms with Crippen LogP contribution in [0.25, 0.3) is 0 Å². The van der Waals surface area contributed by atoms with Crippen LogP contribution in [0, 0.1) is 11.7 Å². The number of methoxy groups -OCH3 is 1. The van der Waals surface area contributed by atoms with Crippen molar-refractivity contribution in [3.8, 4) is 5.75 Å². The Balaban J connectivity index is 2.19. The van der Waals surface area contributed by atoms with Gasteiger partial charge in [-0.1, -0.05) is 13.8 Å². The van der Waals surface area contributed by atoms with Gasteiger partial charge in [-0.2, -0.15) is 4.31 Å². The Labute approximate surface area is 149 Å². The zero-order valence-electron chi connectivity index (χ0n) is 14.6. The lowest BCUT2D eigenvalue weighted by atomic mass is 10.2. The number of hydrogen-bond acceptors (Lipinski definition) is 5. The minimum atomic E-state index is -3.95. The van der Waals surface area contributed by atoms with E-state index in [1.54, 1.807) is 0 Å². The highest BCUT2D eigenvalue weighted by molar-refractivity contribution is 7.92. The van der Waals surface area contributed by atoms with Crippen molar-refractivity contribution in [1.82, 2.24) is 4.31 Å². The van der Waals surface area contributed by atoms with Crippen LogP contribution in [0.15, 0.2) is 23.1 Å². The zero-order valence-corrected chi connectivity index (χ0v) is 16.2. The van der Waals surface area contributed by atoms with Crippen LogP contribution in [0.5, 0.6) is 5.75 Å². The Morgan fingerprint density at radius 3 is 2.32 bits per heavy atom. The summed E-state index contributed by atoms with van der Waals surface area (Å²) in [7, 11) is -5.87. The van der Waals surface area contributed by atoms with Crippen molar-refractivity contribution < 1.29 is 26.0 Å². The number of sulfonamides is 1. The van der Waals surface area contributed by atoms with Gasteiger partial charge in [0.25, 0.3) is 0 Å². The first-order chi connectivity index (χ1) is 11.6. The summed E-state index contributed by atoms with van der Waals surface area (Å²) in [5.74, 6) is -0.477. The molecule has 1 aliphatic rings. The molecule has 0 aliphatic carbocycles. The van der Waals surface area contributed by atoms with Crippen LogP contribution >= 0.6 is 0 Å². The van der Waals surface area contributed by atoms with Crippen LogP contribution in [0.4, 0.5) is 4.39 Å². The van der Waals surface area contributed by atoms with E-state index in [0.29, 0.717) is 0 Å². The maximum atomic E-state index is 13.5. The average molecular weight is 394 g/mol. The third kappa shape index (κ3) is 4.51. The van der Waals surface area contributed by atoms with Gasteiger partial charge < -0.3 is 4.74 Å². The van der Waals surface area contributed by atoms with E-state index in [0.717, 1.165) is 12.1 Å². The van der Waals surface area contributed by atoms with Gasteiger partial charge >= 0.3 is 0 Å². The number of halogens is 1. The fraction of sp³-hybridized carbons (Fsp3) is 0.625. The zero-order chi connectivity index (χ0) is 18.8. The molecule has 0 radical (unpaired) electrons. The number of hydrogen-bond donors (Lipinski definition) is 0. The smallest absolute Gasteiger partial charge is 0.246 e. The number of nitrogens with zero attached hydrogens (tertiary/aromatic N) is 1. The molecule has 1 aromatic rings. The van der Waals surface area contributed by atoms with Gasteiger partial charge in [0.15, 0.2) is 9.84 Å². The third-order valence-electron chi connectivity index (χ3n) is 4.22. The molecule has 0 N–H and O–H groups in total. The number of piperidine rings is 1. The second-order valence-electron chi connectivity index (χ2n) is 6.62. The van der Waals surface area contributed by atoms with Gasteiger partial charge in [0.05, 0.1) is 18.1 Å².